The zero-order chi connectivity index (χ0) is 28.1. The van der Waals surface area contributed by atoms with E-state index in [1.807, 2.05) is 0 Å². The number of aliphatic hydroxyl groups is 1. The van der Waals surface area contributed by atoms with Gasteiger partial charge in [-0.2, -0.15) is 0 Å². The molecule has 0 amide bonds. The summed E-state index contributed by atoms with van der Waals surface area (Å²) in [5, 5.41) is 21.2. The van der Waals surface area contributed by atoms with Gasteiger partial charge in [-0.05, 0) is 110 Å². The van der Waals surface area contributed by atoms with Gasteiger partial charge >= 0.3 is 5.97 Å². The molecule has 4 saturated carbocycles. The molecule has 0 bridgehead atoms. The van der Waals surface area contributed by atoms with Crippen molar-refractivity contribution in [3.8, 4) is 5.75 Å². The number of phenols is 1. The lowest BCUT2D eigenvalue weighted by Gasteiger charge is -2.62. The minimum atomic E-state index is -0.530. The first kappa shape index (κ1) is 28.8. The van der Waals surface area contributed by atoms with Crippen LogP contribution in [-0.4, -0.2) is 28.4 Å². The minimum absolute atomic E-state index is 0.110. The lowest BCUT2D eigenvalue weighted by Crippen LogP contribution is -2.60. The molecule has 1 unspecified atom stereocenters. The Hall–Kier alpha value is -1.75. The molecule has 4 aliphatic carbocycles. The van der Waals surface area contributed by atoms with E-state index >= 15 is 0 Å². The molecule has 0 aromatic heterocycles. The number of aliphatic hydroxyl groups excluding tert-OH is 1. The van der Waals surface area contributed by atoms with E-state index in [-0.39, 0.29) is 22.8 Å². The molecule has 0 saturated heterocycles. The second-order valence-corrected chi connectivity index (χ2v) is 14.8. The van der Waals surface area contributed by atoms with Crippen LogP contribution in [0.3, 0.4) is 0 Å². The molecule has 10 atom stereocenters. The van der Waals surface area contributed by atoms with Crippen LogP contribution in [-0.2, 0) is 4.74 Å². The molecular weight excluding hydrogens is 486 g/mol. The predicted molar refractivity (Wildman–Crippen MR) is 156 cm³/mol. The number of nitrogens with two attached hydrogens (primary N) is 1. The van der Waals surface area contributed by atoms with E-state index in [9.17, 15) is 15.0 Å². The monoisotopic (exact) mass is 539 g/mol. The van der Waals surface area contributed by atoms with Gasteiger partial charge in [-0.15, -0.1) is 0 Å². The summed E-state index contributed by atoms with van der Waals surface area (Å²) in [6.45, 7) is 12.2. The summed E-state index contributed by atoms with van der Waals surface area (Å²) in [5.41, 5.74) is 6.71. The van der Waals surface area contributed by atoms with Gasteiger partial charge in [-0.3, -0.25) is 0 Å². The highest BCUT2D eigenvalue weighted by molar-refractivity contribution is 5.93. The van der Waals surface area contributed by atoms with Crippen LogP contribution in [0.25, 0.3) is 0 Å². The summed E-state index contributed by atoms with van der Waals surface area (Å²) in [7, 11) is 0. The smallest absolute Gasteiger partial charge is 0.342 e. The molecule has 4 aliphatic rings. The van der Waals surface area contributed by atoms with Crippen molar-refractivity contribution >= 4 is 11.7 Å². The van der Waals surface area contributed by atoms with Crippen LogP contribution in [0.1, 0.15) is 116 Å². The number of hydrogen-bond acceptors (Lipinski definition) is 5. The maximum Gasteiger partial charge on any atom is 0.342 e. The minimum Gasteiger partial charge on any atom is -0.507 e. The van der Waals surface area contributed by atoms with Crippen LogP contribution >= 0.6 is 0 Å². The van der Waals surface area contributed by atoms with Crippen LogP contribution in [0.15, 0.2) is 18.2 Å². The maximum atomic E-state index is 13.3. The van der Waals surface area contributed by atoms with Crippen molar-refractivity contribution in [2.24, 2.45) is 52.3 Å². The molecule has 5 heteroatoms. The molecule has 1 aromatic rings. The topological polar surface area (TPSA) is 92.8 Å². The van der Waals surface area contributed by atoms with Crippen molar-refractivity contribution in [2.75, 3.05) is 5.73 Å². The zero-order valence-electron chi connectivity index (χ0n) is 25.0. The van der Waals surface area contributed by atoms with Crippen molar-refractivity contribution in [3.63, 3.8) is 0 Å². The Kier molecular flexibility index (Phi) is 8.05. The molecule has 39 heavy (non-hydrogen) atoms. The molecule has 0 radical (unpaired) electrons. The number of nitrogen functional groups attached to an aromatic ring is 1. The van der Waals surface area contributed by atoms with Crippen LogP contribution in [0.4, 0.5) is 5.69 Å². The predicted octanol–water partition coefficient (Wildman–Crippen LogP) is 7.59. The number of rotatable bonds is 7. The second-order valence-electron chi connectivity index (χ2n) is 14.8. The Morgan fingerprint density at radius 1 is 1.05 bits per heavy atom. The van der Waals surface area contributed by atoms with Crippen LogP contribution in [0, 0.1) is 52.3 Å². The molecule has 4 N–H and O–H groups in total. The SMILES string of the molecule is CC(C)CCC[C@@H](C)[C@H]1CC[C@H]2[C@H]3CC[C@@H]4C[C@H](O)CC(OC(=O)c5cc(N)ccc5O)[C@]4(C)[C@H]3CC[C@]12C. The van der Waals surface area contributed by atoms with Crippen molar-refractivity contribution in [3.05, 3.63) is 23.8 Å². The van der Waals surface area contributed by atoms with Gasteiger partial charge in [0.25, 0.3) is 0 Å². The number of ether oxygens (including phenoxy) is 1. The highest BCUT2D eigenvalue weighted by atomic mass is 16.5. The number of aromatic hydroxyl groups is 1. The number of carbonyl (C=O) groups excluding carboxylic acids is 1. The van der Waals surface area contributed by atoms with Crippen LogP contribution < -0.4 is 5.73 Å². The largest absolute Gasteiger partial charge is 0.507 e. The third-order valence-corrected chi connectivity index (χ3v) is 12.4. The highest BCUT2D eigenvalue weighted by Gasteiger charge is 2.63. The second kappa shape index (κ2) is 10.9. The molecular formula is C34H53NO4. The van der Waals surface area contributed by atoms with Crippen molar-refractivity contribution in [1.82, 2.24) is 0 Å². The molecule has 0 spiro atoms. The number of esters is 1. The quantitative estimate of drug-likeness (QED) is 0.189. The first-order valence-corrected chi connectivity index (χ1v) is 15.9. The van der Waals surface area contributed by atoms with E-state index in [1.54, 1.807) is 6.07 Å². The summed E-state index contributed by atoms with van der Waals surface area (Å²) in [6, 6.07) is 4.53. The van der Waals surface area contributed by atoms with Crippen molar-refractivity contribution in [2.45, 2.75) is 117 Å². The van der Waals surface area contributed by atoms with Crippen molar-refractivity contribution in [1.29, 1.82) is 0 Å². The average molecular weight is 540 g/mol. The summed E-state index contributed by atoms with van der Waals surface area (Å²) in [5.74, 6) is 4.01. The highest BCUT2D eigenvalue weighted by Crippen LogP contribution is 2.68. The van der Waals surface area contributed by atoms with Gasteiger partial charge in [-0.1, -0.05) is 53.9 Å². The lowest BCUT2D eigenvalue weighted by molar-refractivity contribution is -0.183. The standard InChI is InChI=1S/C34H53NO4/c1-20(2)7-6-8-21(3)27-12-13-28-25-11-9-22-17-24(36)19-31(34(22,5)29(25)15-16-33(27,28)4)39-32(38)26-18-23(35)10-14-30(26)37/h10,14,18,20-22,24-25,27-29,31,36-37H,6-9,11-13,15-17,19,35H2,1-5H3/t21-,22-,24+,25-,27-,28+,29+,31?,33-,34+/m1/s1. The average Bonchev–Trinajstić information content (AvgIpc) is 3.23. The summed E-state index contributed by atoms with van der Waals surface area (Å²) in [4.78, 5) is 13.3. The first-order valence-electron chi connectivity index (χ1n) is 15.9. The van der Waals surface area contributed by atoms with Gasteiger partial charge < -0.3 is 20.7 Å². The molecule has 5 rings (SSSR count). The fourth-order valence-corrected chi connectivity index (χ4v) is 10.4. The first-order chi connectivity index (χ1) is 18.4. The fraction of sp³-hybridized carbons (Fsp3) is 0.794. The Morgan fingerprint density at radius 3 is 2.56 bits per heavy atom. The van der Waals surface area contributed by atoms with E-state index < -0.39 is 12.1 Å². The summed E-state index contributed by atoms with van der Waals surface area (Å²) >= 11 is 0. The van der Waals surface area contributed by atoms with Gasteiger partial charge in [0.05, 0.1) is 6.10 Å². The Bertz CT molecular complexity index is 1040. The lowest BCUT2D eigenvalue weighted by atomic mass is 9.43. The van der Waals surface area contributed by atoms with Gasteiger partial charge in [0.15, 0.2) is 0 Å². The van der Waals surface area contributed by atoms with E-state index in [4.69, 9.17) is 10.5 Å². The molecule has 5 nitrogen and oxygen atoms in total. The molecule has 1 aromatic carbocycles. The maximum absolute atomic E-state index is 13.3. The normalized spacial score (nSPS) is 40.4. The zero-order valence-corrected chi connectivity index (χ0v) is 25.0. The number of benzene rings is 1. The van der Waals surface area contributed by atoms with Gasteiger partial charge in [0.1, 0.15) is 17.4 Å². The number of hydrogen-bond donors (Lipinski definition) is 3. The van der Waals surface area contributed by atoms with Gasteiger partial charge in [0, 0.05) is 17.5 Å². The van der Waals surface area contributed by atoms with Crippen molar-refractivity contribution < 1.29 is 19.7 Å². The Balaban J connectivity index is 1.36. The Morgan fingerprint density at radius 2 is 1.82 bits per heavy atom. The molecule has 218 valence electrons. The number of phenolic OH excluding ortho intramolecular Hbond substituents is 1. The third kappa shape index (κ3) is 5.11. The van der Waals surface area contributed by atoms with E-state index in [1.165, 1.54) is 63.5 Å². The molecule has 0 aliphatic heterocycles. The summed E-state index contributed by atoms with van der Waals surface area (Å²) < 4.78 is 6.25. The molecule has 0 heterocycles. The van der Waals surface area contributed by atoms with Gasteiger partial charge in [-0.25, -0.2) is 4.79 Å². The fourth-order valence-electron chi connectivity index (χ4n) is 10.4. The van der Waals surface area contributed by atoms with Gasteiger partial charge in [0.2, 0.25) is 0 Å². The molecule has 4 fully saturated rings. The Labute approximate surface area is 236 Å². The van der Waals surface area contributed by atoms with E-state index in [2.05, 4.69) is 34.6 Å². The van der Waals surface area contributed by atoms with Crippen LogP contribution in [0.2, 0.25) is 0 Å². The van der Waals surface area contributed by atoms with Crippen LogP contribution in [0.5, 0.6) is 5.75 Å². The van der Waals surface area contributed by atoms with E-state index in [0.29, 0.717) is 35.3 Å². The number of carbonyl (C=O) groups is 1. The summed E-state index contributed by atoms with van der Waals surface area (Å²) in [6.07, 6.45) is 12.0. The number of anilines is 1. The number of fused-ring (bicyclic) bond motifs is 5. The van der Waals surface area contributed by atoms with E-state index in [0.717, 1.165) is 36.5 Å². The third-order valence-electron chi connectivity index (χ3n) is 12.4.